The smallest absolute Gasteiger partial charge is 0.240 e. The Morgan fingerprint density at radius 2 is 1.80 bits per heavy atom. The molecule has 10 nitrogen and oxygen atoms in total. The minimum Gasteiger partial charge on any atom is -0.497 e. The molecule has 0 saturated heterocycles. The molecule has 0 aliphatic heterocycles. The van der Waals surface area contributed by atoms with Crippen molar-refractivity contribution in [2.75, 3.05) is 24.7 Å². The zero-order valence-electron chi connectivity index (χ0n) is 18.5. The van der Waals surface area contributed by atoms with Crippen molar-refractivity contribution in [3.8, 4) is 5.75 Å². The monoisotopic (exact) mass is 516 g/mol. The quantitative estimate of drug-likeness (QED) is 0.308. The summed E-state index contributed by atoms with van der Waals surface area (Å²) in [6.07, 6.45) is 0.253. The van der Waals surface area contributed by atoms with Crippen LogP contribution >= 0.6 is 11.8 Å². The maximum atomic E-state index is 13.0. The minimum atomic E-state index is -3.70. The van der Waals surface area contributed by atoms with Crippen LogP contribution in [0.25, 0.3) is 5.65 Å². The molecule has 13 heteroatoms. The molecule has 2 aromatic carbocycles. The Morgan fingerprint density at radius 1 is 1.06 bits per heavy atom. The highest BCUT2D eigenvalue weighted by atomic mass is 32.2. The van der Waals surface area contributed by atoms with E-state index in [0.29, 0.717) is 27.9 Å². The Bertz CT molecular complexity index is 1430. The number of ether oxygens (including phenoxy) is 1. The molecular formula is C22H21FN6O4S2. The fraction of sp³-hybridized carbons (Fsp3) is 0.182. The number of nitrogens with zero attached hydrogens (tertiary/aromatic N) is 4. The number of carbonyl (C=O) groups is 1. The lowest BCUT2D eigenvalue weighted by molar-refractivity contribution is -0.113. The average molecular weight is 517 g/mol. The van der Waals surface area contributed by atoms with Gasteiger partial charge < -0.3 is 10.1 Å². The summed E-state index contributed by atoms with van der Waals surface area (Å²) in [6.45, 7) is 0.0915. The summed E-state index contributed by atoms with van der Waals surface area (Å²) in [5.41, 5.74) is 0.997. The van der Waals surface area contributed by atoms with Crippen LogP contribution in [0, 0.1) is 5.82 Å². The summed E-state index contributed by atoms with van der Waals surface area (Å²) in [7, 11) is -2.19. The molecule has 0 aliphatic carbocycles. The second-order valence-corrected chi connectivity index (χ2v) is 9.99. The molecule has 0 unspecified atom stereocenters. The first-order chi connectivity index (χ1) is 16.8. The molecule has 0 spiro atoms. The van der Waals surface area contributed by atoms with Crippen LogP contribution in [0.5, 0.6) is 5.75 Å². The number of halogens is 1. The number of fused-ring (bicyclic) bond motifs is 1. The Kier molecular flexibility index (Phi) is 7.58. The molecule has 0 atom stereocenters. The number of aromatic nitrogens is 4. The maximum absolute atomic E-state index is 13.0. The summed E-state index contributed by atoms with van der Waals surface area (Å²) >= 11 is 1.21. The lowest BCUT2D eigenvalue weighted by atomic mass is 10.3. The summed E-state index contributed by atoms with van der Waals surface area (Å²) in [4.78, 5) is 12.3. The predicted octanol–water partition coefficient (Wildman–Crippen LogP) is 2.52. The highest BCUT2D eigenvalue weighted by molar-refractivity contribution is 7.99. The normalized spacial score (nSPS) is 11.5. The van der Waals surface area contributed by atoms with Crippen molar-refractivity contribution in [1.29, 1.82) is 0 Å². The first-order valence-electron chi connectivity index (χ1n) is 10.4. The average Bonchev–Trinajstić information content (AvgIpc) is 3.26. The van der Waals surface area contributed by atoms with Gasteiger partial charge >= 0.3 is 0 Å². The summed E-state index contributed by atoms with van der Waals surface area (Å²) < 4.78 is 47.1. The number of benzene rings is 2. The van der Waals surface area contributed by atoms with Crippen molar-refractivity contribution >= 4 is 39.0 Å². The molecule has 0 aliphatic rings. The molecule has 2 heterocycles. The van der Waals surface area contributed by atoms with Crippen molar-refractivity contribution in [3.05, 3.63) is 72.3 Å². The number of hydrogen-bond acceptors (Lipinski definition) is 8. The van der Waals surface area contributed by atoms with E-state index >= 15 is 0 Å². The molecule has 1 amide bonds. The Hall–Kier alpha value is -3.55. The third-order valence-electron chi connectivity index (χ3n) is 4.79. The van der Waals surface area contributed by atoms with Crippen LogP contribution in [-0.4, -0.2) is 53.5 Å². The van der Waals surface area contributed by atoms with Crippen molar-refractivity contribution in [2.45, 2.75) is 16.3 Å². The molecule has 0 saturated carbocycles. The van der Waals surface area contributed by atoms with Gasteiger partial charge in [-0.25, -0.2) is 17.5 Å². The first-order valence-corrected chi connectivity index (χ1v) is 12.8. The predicted molar refractivity (Wildman–Crippen MR) is 128 cm³/mol. The van der Waals surface area contributed by atoms with Crippen LogP contribution in [0.4, 0.5) is 10.1 Å². The van der Waals surface area contributed by atoms with Gasteiger partial charge in [-0.05, 0) is 60.7 Å². The largest absolute Gasteiger partial charge is 0.497 e. The number of hydrogen-bond donors (Lipinski definition) is 2. The molecule has 2 aromatic heterocycles. The van der Waals surface area contributed by atoms with Gasteiger partial charge in [-0.1, -0.05) is 11.8 Å². The van der Waals surface area contributed by atoms with Crippen molar-refractivity contribution < 1.29 is 22.3 Å². The second kappa shape index (κ2) is 10.8. The van der Waals surface area contributed by atoms with Gasteiger partial charge in [0.05, 0.1) is 17.8 Å². The molecule has 182 valence electrons. The lowest BCUT2D eigenvalue weighted by Gasteiger charge is -2.07. The third kappa shape index (κ3) is 6.32. The van der Waals surface area contributed by atoms with E-state index in [1.54, 1.807) is 24.3 Å². The number of thioether (sulfide) groups is 1. The molecule has 4 rings (SSSR count). The van der Waals surface area contributed by atoms with Crippen molar-refractivity contribution in [2.24, 2.45) is 0 Å². The number of methoxy groups -OCH3 is 1. The highest BCUT2D eigenvalue weighted by Gasteiger charge is 2.15. The Labute approximate surface area is 205 Å². The summed E-state index contributed by atoms with van der Waals surface area (Å²) in [6, 6.07) is 15.0. The Morgan fingerprint density at radius 3 is 2.51 bits per heavy atom. The zero-order chi connectivity index (χ0) is 24.8. The van der Waals surface area contributed by atoms with Gasteiger partial charge in [0.2, 0.25) is 15.9 Å². The van der Waals surface area contributed by atoms with Crippen molar-refractivity contribution in [3.63, 3.8) is 0 Å². The van der Waals surface area contributed by atoms with E-state index in [1.807, 2.05) is 0 Å². The molecule has 0 fully saturated rings. The molecule has 0 bridgehead atoms. The molecule has 4 aromatic rings. The van der Waals surface area contributed by atoms with E-state index in [0.717, 1.165) is 0 Å². The van der Waals surface area contributed by atoms with E-state index in [9.17, 15) is 17.6 Å². The van der Waals surface area contributed by atoms with E-state index in [1.165, 1.54) is 59.8 Å². The van der Waals surface area contributed by atoms with E-state index in [2.05, 4.69) is 25.3 Å². The number of rotatable bonds is 10. The Balaban J connectivity index is 1.35. The highest BCUT2D eigenvalue weighted by Crippen LogP contribution is 2.18. The van der Waals surface area contributed by atoms with Gasteiger partial charge in [0.25, 0.3) is 0 Å². The number of anilines is 1. The third-order valence-corrected chi connectivity index (χ3v) is 7.19. The van der Waals surface area contributed by atoms with Gasteiger partial charge in [-0.15, -0.1) is 10.2 Å². The number of carbonyl (C=O) groups excluding carboxylic acids is 1. The van der Waals surface area contributed by atoms with E-state index in [-0.39, 0.29) is 35.3 Å². The molecule has 35 heavy (non-hydrogen) atoms. The van der Waals surface area contributed by atoms with Crippen LogP contribution in [0.15, 0.2) is 70.6 Å². The van der Waals surface area contributed by atoms with E-state index < -0.39 is 10.0 Å². The topological polar surface area (TPSA) is 128 Å². The lowest BCUT2D eigenvalue weighted by Crippen LogP contribution is -2.26. The summed E-state index contributed by atoms with van der Waals surface area (Å²) in [5, 5.41) is 15.8. The first kappa shape index (κ1) is 24.6. The van der Waals surface area contributed by atoms with Crippen molar-refractivity contribution in [1.82, 2.24) is 24.5 Å². The van der Waals surface area contributed by atoms with Crippen LogP contribution in [0.3, 0.4) is 0 Å². The van der Waals surface area contributed by atoms with Crippen LogP contribution in [0.1, 0.15) is 5.82 Å². The van der Waals surface area contributed by atoms with Crippen LogP contribution < -0.4 is 14.8 Å². The number of amides is 1. The standard InChI is InChI=1S/C22H21FN6O4S2/c1-33-17-6-8-18(9-7-17)35(31,32)24-13-12-20-27-26-19-10-11-22(28-29(19)20)34-14-21(30)25-16-4-2-15(23)3-5-16/h2-11,24H,12-14H2,1H3,(H,25,30). The van der Waals surface area contributed by atoms with Gasteiger partial charge in [0.15, 0.2) is 11.5 Å². The SMILES string of the molecule is COc1ccc(S(=O)(=O)NCCc2nnc3ccc(SCC(=O)Nc4ccc(F)cc4)nn23)cc1. The molecular weight excluding hydrogens is 495 g/mol. The van der Waals surface area contributed by atoms with Crippen LogP contribution in [-0.2, 0) is 21.2 Å². The van der Waals surface area contributed by atoms with Gasteiger partial charge in [0, 0.05) is 18.7 Å². The zero-order valence-corrected chi connectivity index (χ0v) is 20.1. The molecule has 2 N–H and O–H groups in total. The van der Waals surface area contributed by atoms with Gasteiger partial charge in [0.1, 0.15) is 16.6 Å². The number of sulfonamides is 1. The van der Waals surface area contributed by atoms with E-state index in [4.69, 9.17) is 4.74 Å². The second-order valence-electron chi connectivity index (χ2n) is 7.22. The van der Waals surface area contributed by atoms with Gasteiger partial charge in [-0.3, -0.25) is 4.79 Å². The fourth-order valence-corrected chi connectivity index (χ4v) is 4.74. The molecule has 0 radical (unpaired) electrons. The minimum absolute atomic E-state index is 0.0915. The fourth-order valence-electron chi connectivity index (χ4n) is 3.05. The maximum Gasteiger partial charge on any atom is 0.240 e. The number of nitrogens with one attached hydrogen (secondary N) is 2. The van der Waals surface area contributed by atoms with Gasteiger partial charge in [-0.2, -0.15) is 9.61 Å². The van der Waals surface area contributed by atoms with Crippen LogP contribution in [0.2, 0.25) is 0 Å². The summed E-state index contributed by atoms with van der Waals surface area (Å²) in [5.74, 6) is 0.477.